The molecule has 4 rings (SSSR count). The van der Waals surface area contributed by atoms with Crippen LogP contribution in [0.5, 0.6) is 11.5 Å². The van der Waals surface area contributed by atoms with Gasteiger partial charge in [-0.1, -0.05) is 0 Å². The lowest BCUT2D eigenvalue weighted by atomic mass is 10.2. The summed E-state index contributed by atoms with van der Waals surface area (Å²) < 4.78 is 7.52. The molecular weight excluding hydrogens is 330 g/mol. The zero-order chi connectivity index (χ0) is 17.9. The van der Waals surface area contributed by atoms with Gasteiger partial charge in [0.25, 0.3) is 5.91 Å². The lowest BCUT2D eigenvalue weighted by molar-refractivity contribution is 0.102. The number of ether oxygens (including phenoxy) is 1. The number of fused-ring (bicyclic) bond motifs is 1. The van der Waals surface area contributed by atoms with Crippen LogP contribution in [0, 0.1) is 6.92 Å². The van der Waals surface area contributed by atoms with Gasteiger partial charge in [-0.3, -0.25) is 14.2 Å². The van der Waals surface area contributed by atoms with Crippen LogP contribution < -0.4 is 10.1 Å². The summed E-state index contributed by atoms with van der Waals surface area (Å²) in [6, 6.07) is 12.5. The first-order valence-electron chi connectivity index (χ1n) is 7.98. The molecule has 0 saturated carbocycles. The van der Waals surface area contributed by atoms with Crippen LogP contribution in [0.2, 0.25) is 0 Å². The Kier molecular flexibility index (Phi) is 4.03. The van der Waals surface area contributed by atoms with Gasteiger partial charge in [-0.2, -0.15) is 0 Å². The Morgan fingerprint density at radius 1 is 1.12 bits per heavy atom. The maximum Gasteiger partial charge on any atom is 0.257 e. The summed E-state index contributed by atoms with van der Waals surface area (Å²) in [5, 5.41) is 10.6. The van der Waals surface area contributed by atoms with Crippen LogP contribution >= 0.6 is 0 Å². The topological polar surface area (TPSA) is 81.4 Å². The van der Waals surface area contributed by atoms with Crippen molar-refractivity contribution >= 4 is 17.2 Å². The van der Waals surface area contributed by atoms with E-state index >= 15 is 0 Å². The largest absolute Gasteiger partial charge is 0.457 e. The van der Waals surface area contributed by atoms with Crippen LogP contribution in [0.3, 0.4) is 0 Å². The summed E-state index contributed by atoms with van der Waals surface area (Å²) in [4.78, 5) is 16.4. The van der Waals surface area contributed by atoms with Gasteiger partial charge in [-0.05, 0) is 55.0 Å². The SMILES string of the molecule is Cc1cc(NC(=O)c2ccc3nncn3c2)ccc1Oc1ccncc1. The molecule has 0 aliphatic rings. The van der Waals surface area contributed by atoms with E-state index in [1.54, 1.807) is 59.7 Å². The maximum atomic E-state index is 12.5. The summed E-state index contributed by atoms with van der Waals surface area (Å²) in [6.07, 6.45) is 6.59. The van der Waals surface area contributed by atoms with E-state index in [2.05, 4.69) is 20.5 Å². The molecule has 128 valence electrons. The molecule has 0 fully saturated rings. The molecule has 3 heterocycles. The molecule has 1 amide bonds. The number of hydrogen-bond acceptors (Lipinski definition) is 5. The Labute approximate surface area is 149 Å². The van der Waals surface area contributed by atoms with Crippen molar-refractivity contribution < 1.29 is 9.53 Å². The number of hydrogen-bond donors (Lipinski definition) is 1. The predicted molar refractivity (Wildman–Crippen MR) is 96.4 cm³/mol. The number of nitrogens with zero attached hydrogens (tertiary/aromatic N) is 4. The fraction of sp³-hybridized carbons (Fsp3) is 0.0526. The van der Waals surface area contributed by atoms with Gasteiger partial charge in [-0.15, -0.1) is 10.2 Å². The third-order valence-electron chi connectivity index (χ3n) is 3.86. The Balaban J connectivity index is 1.51. The number of rotatable bonds is 4. The second-order valence-corrected chi connectivity index (χ2v) is 5.73. The Bertz CT molecular complexity index is 1080. The van der Waals surface area contributed by atoms with Crippen molar-refractivity contribution in [2.24, 2.45) is 0 Å². The van der Waals surface area contributed by atoms with Crippen molar-refractivity contribution in [1.29, 1.82) is 0 Å². The van der Waals surface area contributed by atoms with Crippen LogP contribution in [0.25, 0.3) is 5.65 Å². The van der Waals surface area contributed by atoms with Crippen molar-refractivity contribution in [2.45, 2.75) is 6.92 Å². The average molecular weight is 345 g/mol. The minimum Gasteiger partial charge on any atom is -0.457 e. The standard InChI is InChI=1S/C19H15N5O2/c1-13-10-15(3-4-17(13)26-16-6-8-20-9-7-16)22-19(25)14-2-5-18-23-21-12-24(18)11-14/h2-12H,1H3,(H,22,25). The molecule has 1 N–H and O–H groups in total. The third kappa shape index (κ3) is 3.23. The number of carbonyl (C=O) groups is 1. The molecule has 1 aromatic carbocycles. The van der Waals surface area contributed by atoms with Crippen molar-refractivity contribution in [1.82, 2.24) is 19.6 Å². The number of amides is 1. The van der Waals surface area contributed by atoms with Crippen molar-refractivity contribution in [3.63, 3.8) is 0 Å². The van der Waals surface area contributed by atoms with Gasteiger partial charge in [0, 0.05) is 24.3 Å². The van der Waals surface area contributed by atoms with Gasteiger partial charge in [0.15, 0.2) is 5.65 Å². The zero-order valence-corrected chi connectivity index (χ0v) is 14.0. The summed E-state index contributed by atoms with van der Waals surface area (Å²) in [5.41, 5.74) is 2.81. The smallest absolute Gasteiger partial charge is 0.257 e. The molecule has 0 bridgehead atoms. The molecule has 7 heteroatoms. The van der Waals surface area contributed by atoms with E-state index in [0.29, 0.717) is 22.6 Å². The highest BCUT2D eigenvalue weighted by molar-refractivity contribution is 6.04. The summed E-state index contributed by atoms with van der Waals surface area (Å²) in [6.45, 7) is 1.93. The number of benzene rings is 1. The molecule has 4 aromatic rings. The molecule has 0 atom stereocenters. The highest BCUT2D eigenvalue weighted by atomic mass is 16.5. The number of pyridine rings is 2. The van der Waals surface area contributed by atoms with E-state index in [-0.39, 0.29) is 5.91 Å². The Morgan fingerprint density at radius 3 is 2.77 bits per heavy atom. The minimum atomic E-state index is -0.206. The molecule has 3 aromatic heterocycles. The molecule has 26 heavy (non-hydrogen) atoms. The molecule has 7 nitrogen and oxygen atoms in total. The van der Waals surface area contributed by atoms with Crippen molar-refractivity contribution in [2.75, 3.05) is 5.32 Å². The van der Waals surface area contributed by atoms with Gasteiger partial charge in [0.2, 0.25) is 0 Å². The van der Waals surface area contributed by atoms with Crippen molar-refractivity contribution in [3.05, 3.63) is 78.5 Å². The van der Waals surface area contributed by atoms with Crippen LogP contribution in [-0.2, 0) is 0 Å². The van der Waals surface area contributed by atoms with E-state index in [1.165, 1.54) is 0 Å². The number of nitrogens with one attached hydrogen (secondary N) is 1. The molecular formula is C19H15N5O2. The lowest BCUT2D eigenvalue weighted by Gasteiger charge is -2.11. The number of aryl methyl sites for hydroxylation is 1. The summed E-state index contributed by atoms with van der Waals surface area (Å²) >= 11 is 0. The first kappa shape index (κ1) is 15.8. The van der Waals surface area contributed by atoms with Crippen LogP contribution in [0.15, 0.2) is 67.4 Å². The molecule has 0 aliphatic carbocycles. The van der Waals surface area contributed by atoms with Crippen molar-refractivity contribution in [3.8, 4) is 11.5 Å². The lowest BCUT2D eigenvalue weighted by Crippen LogP contribution is -2.12. The van der Waals surface area contributed by atoms with E-state index < -0.39 is 0 Å². The predicted octanol–water partition coefficient (Wildman–Crippen LogP) is 3.48. The third-order valence-corrected chi connectivity index (χ3v) is 3.86. The molecule has 0 radical (unpaired) electrons. The quantitative estimate of drug-likeness (QED) is 0.612. The number of anilines is 1. The van der Waals surface area contributed by atoms with Gasteiger partial charge >= 0.3 is 0 Å². The van der Waals surface area contributed by atoms with E-state index in [9.17, 15) is 4.79 Å². The highest BCUT2D eigenvalue weighted by Gasteiger charge is 2.09. The molecule has 0 saturated heterocycles. The molecule has 0 unspecified atom stereocenters. The summed E-state index contributed by atoms with van der Waals surface area (Å²) in [5.74, 6) is 1.23. The minimum absolute atomic E-state index is 0.206. The monoisotopic (exact) mass is 345 g/mol. The second kappa shape index (κ2) is 6.64. The Hall–Kier alpha value is -3.74. The maximum absolute atomic E-state index is 12.5. The second-order valence-electron chi connectivity index (χ2n) is 5.73. The van der Waals surface area contributed by atoms with E-state index in [1.807, 2.05) is 19.1 Å². The van der Waals surface area contributed by atoms with Crippen LogP contribution in [-0.4, -0.2) is 25.5 Å². The fourth-order valence-electron chi connectivity index (χ4n) is 2.54. The van der Waals surface area contributed by atoms with Crippen LogP contribution in [0.1, 0.15) is 15.9 Å². The Morgan fingerprint density at radius 2 is 1.96 bits per heavy atom. The first-order valence-corrected chi connectivity index (χ1v) is 7.98. The van der Waals surface area contributed by atoms with E-state index in [0.717, 1.165) is 11.3 Å². The molecule has 0 spiro atoms. The fourth-order valence-corrected chi connectivity index (χ4v) is 2.54. The zero-order valence-electron chi connectivity index (χ0n) is 14.0. The van der Waals surface area contributed by atoms with Gasteiger partial charge in [-0.25, -0.2) is 0 Å². The van der Waals surface area contributed by atoms with Gasteiger partial charge < -0.3 is 10.1 Å². The normalized spacial score (nSPS) is 10.7. The molecule has 0 aliphatic heterocycles. The highest BCUT2D eigenvalue weighted by Crippen LogP contribution is 2.27. The average Bonchev–Trinajstić information content (AvgIpc) is 3.12. The summed E-state index contributed by atoms with van der Waals surface area (Å²) in [7, 11) is 0. The van der Waals surface area contributed by atoms with Crippen LogP contribution in [0.4, 0.5) is 5.69 Å². The van der Waals surface area contributed by atoms with Gasteiger partial charge in [0.1, 0.15) is 17.8 Å². The number of aromatic nitrogens is 4. The number of carbonyl (C=O) groups excluding carboxylic acids is 1. The first-order chi connectivity index (χ1) is 12.7. The van der Waals surface area contributed by atoms with E-state index in [4.69, 9.17) is 4.74 Å². The van der Waals surface area contributed by atoms with Gasteiger partial charge in [0.05, 0.1) is 5.56 Å².